The average Bonchev–Trinajstić information content (AvgIpc) is 2.85. The lowest BCUT2D eigenvalue weighted by Gasteiger charge is -2.38. The molecule has 5 nitrogen and oxygen atoms in total. The fraction of sp³-hybridized carbons (Fsp3) is 0.862. The van der Waals surface area contributed by atoms with E-state index >= 15 is 0 Å². The molecule has 2 saturated carbocycles. The molecule has 1 N–H and O–H groups in total. The Bertz CT molecular complexity index is 614. The second-order valence-electron chi connectivity index (χ2n) is 11.3. The zero-order chi connectivity index (χ0) is 24.9. The molecule has 34 heavy (non-hydrogen) atoms. The van der Waals surface area contributed by atoms with Gasteiger partial charge in [-0.1, -0.05) is 64.9 Å². The smallest absolute Gasteiger partial charge is 0.333 e. The zero-order valence-corrected chi connectivity index (χ0v) is 22.1. The van der Waals surface area contributed by atoms with E-state index in [9.17, 15) is 14.7 Å². The lowest BCUT2D eigenvalue weighted by atomic mass is 9.68. The van der Waals surface area contributed by atoms with Crippen molar-refractivity contribution < 1.29 is 24.2 Å². The summed E-state index contributed by atoms with van der Waals surface area (Å²) in [6.07, 6.45) is 17.2. The van der Waals surface area contributed by atoms with E-state index in [-0.39, 0.29) is 25.7 Å². The highest BCUT2D eigenvalue weighted by atomic mass is 16.5. The van der Waals surface area contributed by atoms with Gasteiger partial charge in [0.25, 0.3) is 0 Å². The fourth-order valence-corrected chi connectivity index (χ4v) is 5.92. The third-order valence-electron chi connectivity index (χ3n) is 8.27. The summed E-state index contributed by atoms with van der Waals surface area (Å²) in [7, 11) is 0. The number of carbonyl (C=O) groups is 2. The van der Waals surface area contributed by atoms with Gasteiger partial charge >= 0.3 is 11.9 Å². The Morgan fingerprint density at radius 2 is 1.47 bits per heavy atom. The molecular formula is C29H50O5. The third kappa shape index (κ3) is 10.1. The largest absolute Gasteiger partial charge is 0.465 e. The molecule has 0 spiro atoms. The quantitative estimate of drug-likeness (QED) is 0.176. The van der Waals surface area contributed by atoms with Crippen molar-refractivity contribution >= 4 is 11.9 Å². The van der Waals surface area contributed by atoms with Crippen molar-refractivity contribution in [3.63, 3.8) is 0 Å². The van der Waals surface area contributed by atoms with E-state index in [0.29, 0.717) is 11.5 Å². The molecule has 0 radical (unpaired) electrons. The molecule has 0 aromatic carbocycles. The van der Waals surface area contributed by atoms with Gasteiger partial charge in [0.1, 0.15) is 0 Å². The Kier molecular flexibility index (Phi) is 13.2. The number of unbranched alkanes of at least 4 members (excludes halogenated alkanes) is 2. The Labute approximate surface area is 208 Å². The topological polar surface area (TPSA) is 72.8 Å². The van der Waals surface area contributed by atoms with Crippen molar-refractivity contribution in [1.82, 2.24) is 0 Å². The number of aliphatic hydroxyl groups is 1. The van der Waals surface area contributed by atoms with Gasteiger partial charge in [0.15, 0.2) is 0 Å². The van der Waals surface area contributed by atoms with E-state index in [1.165, 1.54) is 77.0 Å². The van der Waals surface area contributed by atoms with E-state index in [4.69, 9.17) is 9.47 Å². The van der Waals surface area contributed by atoms with Crippen LogP contribution in [-0.2, 0) is 19.1 Å². The molecule has 2 atom stereocenters. The molecular weight excluding hydrogens is 428 g/mol. The number of hydrogen-bond donors (Lipinski definition) is 1. The SMILES string of the molecule is C=C(C)C(=O)OCC(COC(=O)C(C)CO)CC1CCC(C2CCC(CCCCC)CC2)CC1. The summed E-state index contributed by atoms with van der Waals surface area (Å²) in [6, 6.07) is 0. The zero-order valence-electron chi connectivity index (χ0n) is 22.1. The first-order valence-corrected chi connectivity index (χ1v) is 13.9. The van der Waals surface area contributed by atoms with Crippen LogP contribution in [0.4, 0.5) is 0 Å². The maximum Gasteiger partial charge on any atom is 0.333 e. The summed E-state index contributed by atoms with van der Waals surface area (Å²) < 4.78 is 10.8. The first-order chi connectivity index (χ1) is 16.3. The second-order valence-corrected chi connectivity index (χ2v) is 11.3. The summed E-state index contributed by atoms with van der Waals surface area (Å²) in [4.78, 5) is 23.9. The normalized spacial score (nSPS) is 26.9. The van der Waals surface area contributed by atoms with Gasteiger partial charge in [0, 0.05) is 11.5 Å². The monoisotopic (exact) mass is 478 g/mol. The molecule has 5 heteroatoms. The van der Waals surface area contributed by atoms with Crippen LogP contribution in [-0.4, -0.2) is 36.9 Å². The van der Waals surface area contributed by atoms with Gasteiger partial charge in [-0.2, -0.15) is 0 Å². The van der Waals surface area contributed by atoms with Crippen LogP contribution in [0.25, 0.3) is 0 Å². The molecule has 196 valence electrons. The lowest BCUT2D eigenvalue weighted by molar-refractivity contribution is -0.152. The van der Waals surface area contributed by atoms with Crippen LogP contribution in [0, 0.1) is 35.5 Å². The third-order valence-corrected chi connectivity index (χ3v) is 8.27. The van der Waals surface area contributed by atoms with Crippen LogP contribution >= 0.6 is 0 Å². The Morgan fingerprint density at radius 3 is 2.00 bits per heavy atom. The highest BCUT2D eigenvalue weighted by molar-refractivity contribution is 5.86. The van der Waals surface area contributed by atoms with Gasteiger partial charge in [0.2, 0.25) is 0 Å². The maximum atomic E-state index is 12.0. The van der Waals surface area contributed by atoms with Gasteiger partial charge in [-0.3, -0.25) is 4.79 Å². The number of aliphatic hydroxyl groups excluding tert-OH is 1. The summed E-state index contributed by atoms with van der Waals surface area (Å²) in [5.74, 6) is 2.01. The molecule has 2 unspecified atom stereocenters. The maximum absolute atomic E-state index is 12.0. The summed E-state index contributed by atoms with van der Waals surface area (Å²) in [6.45, 7) is 9.47. The fourth-order valence-electron chi connectivity index (χ4n) is 5.92. The highest BCUT2D eigenvalue weighted by Crippen LogP contribution is 2.43. The minimum atomic E-state index is -0.532. The second kappa shape index (κ2) is 15.6. The van der Waals surface area contributed by atoms with Crippen molar-refractivity contribution in [2.45, 2.75) is 104 Å². The van der Waals surface area contributed by atoms with Gasteiger partial charge in [-0.25, -0.2) is 4.79 Å². The first-order valence-electron chi connectivity index (χ1n) is 13.9. The number of carbonyl (C=O) groups excluding carboxylic acids is 2. The standard InChI is InChI=1S/C29H50O5/c1-5-6-7-8-23-9-13-26(14-10-23)27-15-11-24(12-16-27)17-25(19-33-28(31)21(2)3)20-34-29(32)22(4)18-30/h22-27,30H,2,5-20H2,1,3-4H3. The van der Waals surface area contributed by atoms with Crippen LogP contribution in [0.3, 0.4) is 0 Å². The minimum Gasteiger partial charge on any atom is -0.465 e. The predicted molar refractivity (Wildman–Crippen MR) is 136 cm³/mol. The molecule has 0 bridgehead atoms. The van der Waals surface area contributed by atoms with Crippen LogP contribution in [0.2, 0.25) is 0 Å². The molecule has 0 saturated heterocycles. The predicted octanol–water partition coefficient (Wildman–Crippen LogP) is 6.48. The molecule has 0 heterocycles. The van der Waals surface area contributed by atoms with Crippen LogP contribution in [0.15, 0.2) is 12.2 Å². The lowest BCUT2D eigenvalue weighted by Crippen LogP contribution is -2.29. The van der Waals surface area contributed by atoms with E-state index in [0.717, 1.165) is 24.2 Å². The summed E-state index contributed by atoms with van der Waals surface area (Å²) in [5, 5.41) is 9.18. The molecule has 2 fully saturated rings. The molecule has 0 aromatic heterocycles. The Balaban J connectivity index is 1.77. The number of rotatable bonds is 14. The average molecular weight is 479 g/mol. The van der Waals surface area contributed by atoms with Crippen molar-refractivity contribution in [3.05, 3.63) is 12.2 Å². The summed E-state index contributed by atoms with van der Waals surface area (Å²) in [5.41, 5.74) is 0.380. The Morgan fingerprint density at radius 1 is 0.912 bits per heavy atom. The van der Waals surface area contributed by atoms with E-state index < -0.39 is 17.9 Å². The van der Waals surface area contributed by atoms with Crippen LogP contribution in [0.5, 0.6) is 0 Å². The molecule has 2 aliphatic carbocycles. The van der Waals surface area contributed by atoms with Crippen molar-refractivity contribution in [1.29, 1.82) is 0 Å². The van der Waals surface area contributed by atoms with Crippen LogP contribution < -0.4 is 0 Å². The van der Waals surface area contributed by atoms with Crippen molar-refractivity contribution in [2.24, 2.45) is 35.5 Å². The van der Waals surface area contributed by atoms with Crippen molar-refractivity contribution in [2.75, 3.05) is 19.8 Å². The number of hydrogen-bond acceptors (Lipinski definition) is 5. The molecule has 0 aromatic rings. The van der Waals surface area contributed by atoms with Gasteiger partial charge in [0.05, 0.1) is 25.7 Å². The van der Waals surface area contributed by atoms with Crippen LogP contribution in [0.1, 0.15) is 104 Å². The minimum absolute atomic E-state index is 0.0155. The Hall–Kier alpha value is -1.36. The summed E-state index contributed by atoms with van der Waals surface area (Å²) >= 11 is 0. The first kappa shape index (κ1) is 28.9. The van der Waals surface area contributed by atoms with E-state index in [1.54, 1.807) is 13.8 Å². The molecule has 0 aliphatic heterocycles. The van der Waals surface area contributed by atoms with Gasteiger partial charge in [-0.05, 0) is 69.6 Å². The highest BCUT2D eigenvalue weighted by Gasteiger charge is 2.32. The van der Waals surface area contributed by atoms with Gasteiger partial charge < -0.3 is 14.6 Å². The molecule has 0 amide bonds. The van der Waals surface area contributed by atoms with Gasteiger partial charge in [-0.15, -0.1) is 0 Å². The van der Waals surface area contributed by atoms with E-state index in [2.05, 4.69) is 13.5 Å². The number of esters is 2. The molecule has 2 aliphatic rings. The van der Waals surface area contributed by atoms with Crippen molar-refractivity contribution in [3.8, 4) is 0 Å². The number of ether oxygens (including phenoxy) is 2. The van der Waals surface area contributed by atoms with E-state index in [1.807, 2.05) is 0 Å². The molecule has 2 rings (SSSR count).